The van der Waals surface area contributed by atoms with Crippen LogP contribution in [0.3, 0.4) is 0 Å². The van der Waals surface area contributed by atoms with E-state index in [1.807, 2.05) is 0 Å². The van der Waals surface area contributed by atoms with Gasteiger partial charge in [0.15, 0.2) is 0 Å². The molecule has 1 atom stereocenters. The Kier molecular flexibility index (Phi) is 4.04. The number of aliphatic carboxylic acids is 1. The van der Waals surface area contributed by atoms with Crippen LogP contribution in [-0.2, 0) is 11.2 Å². The Morgan fingerprint density at radius 2 is 2.20 bits per heavy atom. The number of carboxylic acids is 1. The molecule has 2 heterocycles. The number of pyridine rings is 1. The van der Waals surface area contributed by atoms with Gasteiger partial charge in [-0.05, 0) is 12.1 Å². The van der Waals surface area contributed by atoms with Crippen molar-refractivity contribution < 1.29 is 19.1 Å². The number of nitrogens with one attached hydrogen (secondary N) is 2. The van der Waals surface area contributed by atoms with Gasteiger partial charge >= 0.3 is 5.97 Å². The van der Waals surface area contributed by atoms with Gasteiger partial charge in [0.25, 0.3) is 5.91 Å². The number of carbonyl (C=O) groups excluding carboxylic acids is 1. The Labute approximate surface area is 112 Å². The molecule has 0 aromatic carbocycles. The van der Waals surface area contributed by atoms with E-state index in [0.717, 1.165) is 12.3 Å². The first-order valence-corrected chi connectivity index (χ1v) is 5.68. The minimum absolute atomic E-state index is 0.0535. The second-order valence-corrected chi connectivity index (χ2v) is 4.01. The third-order valence-electron chi connectivity index (χ3n) is 2.54. The normalized spacial score (nSPS) is 11.8. The number of imidazole rings is 1. The van der Waals surface area contributed by atoms with Crippen molar-refractivity contribution in [1.82, 2.24) is 20.3 Å². The number of aromatic amines is 1. The van der Waals surface area contributed by atoms with Gasteiger partial charge in [0.05, 0.1) is 12.5 Å². The van der Waals surface area contributed by atoms with Crippen LogP contribution in [0.15, 0.2) is 30.9 Å². The number of carbonyl (C=O) groups is 2. The maximum absolute atomic E-state index is 12.7. The summed E-state index contributed by atoms with van der Waals surface area (Å²) in [6, 6.07) is 1.13. The van der Waals surface area contributed by atoms with E-state index < -0.39 is 23.7 Å². The van der Waals surface area contributed by atoms with Crippen LogP contribution in [0.4, 0.5) is 4.39 Å². The van der Waals surface area contributed by atoms with Crippen LogP contribution in [0.2, 0.25) is 0 Å². The van der Waals surface area contributed by atoms with Gasteiger partial charge in [-0.2, -0.15) is 0 Å². The van der Waals surface area contributed by atoms with E-state index in [1.54, 1.807) is 0 Å². The summed E-state index contributed by atoms with van der Waals surface area (Å²) in [7, 11) is 0. The first-order chi connectivity index (χ1) is 9.56. The topological polar surface area (TPSA) is 108 Å². The predicted octanol–water partition coefficient (Wildman–Crippen LogP) is 0.369. The molecule has 20 heavy (non-hydrogen) atoms. The average molecular weight is 278 g/mol. The fourth-order valence-corrected chi connectivity index (χ4v) is 1.56. The van der Waals surface area contributed by atoms with Gasteiger partial charge in [-0.3, -0.25) is 4.79 Å². The summed E-state index contributed by atoms with van der Waals surface area (Å²) < 4.78 is 12.7. The summed E-state index contributed by atoms with van der Waals surface area (Å²) in [6.07, 6.45) is 3.83. The second kappa shape index (κ2) is 5.91. The lowest BCUT2D eigenvalue weighted by Gasteiger charge is -2.13. The summed E-state index contributed by atoms with van der Waals surface area (Å²) >= 11 is 0. The zero-order chi connectivity index (χ0) is 14.5. The summed E-state index contributed by atoms with van der Waals surface area (Å²) in [5.74, 6) is -2.44. The first kappa shape index (κ1) is 13.7. The number of hydrogen-bond donors (Lipinski definition) is 3. The number of H-pyrrole nitrogens is 1. The first-order valence-electron chi connectivity index (χ1n) is 5.68. The van der Waals surface area contributed by atoms with E-state index in [0.29, 0.717) is 5.69 Å². The molecule has 3 N–H and O–H groups in total. The standard InChI is InChI=1S/C12H11FN4O3/c13-7-1-2-9(15-4-7)11(18)17-10(12(19)20)3-8-5-14-6-16-8/h1-2,4-6,10H,3H2,(H,14,16)(H,17,18)(H,19,20)/t10-/m1/s1. The second-order valence-electron chi connectivity index (χ2n) is 4.01. The molecule has 2 aromatic heterocycles. The lowest BCUT2D eigenvalue weighted by molar-refractivity contribution is -0.139. The van der Waals surface area contributed by atoms with E-state index in [4.69, 9.17) is 5.11 Å². The highest BCUT2D eigenvalue weighted by atomic mass is 19.1. The van der Waals surface area contributed by atoms with Gasteiger partial charge in [0.2, 0.25) is 0 Å². The number of rotatable bonds is 5. The molecule has 7 nitrogen and oxygen atoms in total. The molecule has 1 amide bonds. The average Bonchev–Trinajstić information content (AvgIpc) is 2.91. The molecule has 0 aliphatic heterocycles. The molecule has 0 bridgehead atoms. The SMILES string of the molecule is O=C(N[C@H](Cc1cnc[nH]1)C(=O)O)c1ccc(F)cn1. The molecule has 0 unspecified atom stereocenters. The fraction of sp³-hybridized carbons (Fsp3) is 0.167. The Balaban J connectivity index is 2.06. The van der Waals surface area contributed by atoms with E-state index in [1.165, 1.54) is 18.6 Å². The van der Waals surface area contributed by atoms with Gasteiger partial charge in [-0.15, -0.1) is 0 Å². The van der Waals surface area contributed by atoms with Gasteiger partial charge in [0.1, 0.15) is 17.6 Å². The van der Waals surface area contributed by atoms with Crippen molar-refractivity contribution in [2.75, 3.05) is 0 Å². The maximum Gasteiger partial charge on any atom is 0.326 e. The molecule has 0 saturated heterocycles. The summed E-state index contributed by atoms with van der Waals surface area (Å²) in [5, 5.41) is 11.4. The Morgan fingerprint density at radius 3 is 2.75 bits per heavy atom. The summed E-state index contributed by atoms with van der Waals surface area (Å²) in [5.41, 5.74) is 0.520. The monoisotopic (exact) mass is 278 g/mol. The number of nitrogens with zero attached hydrogens (tertiary/aromatic N) is 2. The molecular formula is C12H11FN4O3. The minimum Gasteiger partial charge on any atom is -0.480 e. The number of amides is 1. The quantitative estimate of drug-likeness (QED) is 0.732. The van der Waals surface area contributed by atoms with Crippen LogP contribution in [-0.4, -0.2) is 38.0 Å². The van der Waals surface area contributed by atoms with E-state index in [9.17, 15) is 14.0 Å². The van der Waals surface area contributed by atoms with Crippen molar-refractivity contribution in [3.05, 3.63) is 48.1 Å². The number of carboxylic acid groups (broad SMARTS) is 1. The molecule has 0 radical (unpaired) electrons. The van der Waals surface area contributed by atoms with E-state index >= 15 is 0 Å². The van der Waals surface area contributed by atoms with Crippen LogP contribution in [0.5, 0.6) is 0 Å². The fourth-order valence-electron chi connectivity index (χ4n) is 1.56. The maximum atomic E-state index is 12.7. The molecule has 104 valence electrons. The highest BCUT2D eigenvalue weighted by molar-refractivity contribution is 5.94. The number of halogens is 1. The molecule has 2 rings (SSSR count). The molecule has 0 fully saturated rings. The van der Waals surface area contributed by atoms with Gasteiger partial charge in [0, 0.05) is 18.3 Å². The van der Waals surface area contributed by atoms with Crippen LogP contribution in [0.25, 0.3) is 0 Å². The molecule has 0 aliphatic carbocycles. The molecule has 0 spiro atoms. The lowest BCUT2D eigenvalue weighted by atomic mass is 10.1. The van der Waals surface area contributed by atoms with Crippen molar-refractivity contribution in [3.8, 4) is 0 Å². The largest absolute Gasteiger partial charge is 0.480 e. The Hall–Kier alpha value is -2.77. The summed E-state index contributed by atoms with van der Waals surface area (Å²) in [4.78, 5) is 33.0. The van der Waals surface area contributed by atoms with Crippen molar-refractivity contribution in [2.45, 2.75) is 12.5 Å². The van der Waals surface area contributed by atoms with Crippen molar-refractivity contribution in [1.29, 1.82) is 0 Å². The Morgan fingerprint density at radius 1 is 1.40 bits per heavy atom. The molecule has 2 aromatic rings. The third kappa shape index (κ3) is 3.37. The van der Waals surface area contributed by atoms with Crippen molar-refractivity contribution in [2.24, 2.45) is 0 Å². The highest BCUT2D eigenvalue weighted by Gasteiger charge is 2.22. The Bertz CT molecular complexity index is 598. The third-order valence-corrected chi connectivity index (χ3v) is 2.54. The van der Waals surface area contributed by atoms with Crippen LogP contribution >= 0.6 is 0 Å². The smallest absolute Gasteiger partial charge is 0.326 e. The van der Waals surface area contributed by atoms with E-state index in [-0.39, 0.29) is 12.1 Å². The molecule has 0 saturated carbocycles. The van der Waals surface area contributed by atoms with Gasteiger partial charge < -0.3 is 15.4 Å². The van der Waals surface area contributed by atoms with Crippen molar-refractivity contribution in [3.63, 3.8) is 0 Å². The van der Waals surface area contributed by atoms with Gasteiger partial charge in [-0.25, -0.2) is 19.2 Å². The van der Waals surface area contributed by atoms with Crippen LogP contribution in [0, 0.1) is 5.82 Å². The molecule has 8 heteroatoms. The highest BCUT2D eigenvalue weighted by Crippen LogP contribution is 2.02. The predicted molar refractivity (Wildman–Crippen MR) is 65.4 cm³/mol. The van der Waals surface area contributed by atoms with Crippen LogP contribution in [0.1, 0.15) is 16.2 Å². The molecule has 0 aliphatic rings. The number of aromatic nitrogens is 3. The summed E-state index contributed by atoms with van der Waals surface area (Å²) in [6.45, 7) is 0. The lowest BCUT2D eigenvalue weighted by Crippen LogP contribution is -2.42. The van der Waals surface area contributed by atoms with Gasteiger partial charge in [-0.1, -0.05) is 0 Å². The van der Waals surface area contributed by atoms with E-state index in [2.05, 4.69) is 20.3 Å². The van der Waals surface area contributed by atoms with Crippen molar-refractivity contribution >= 4 is 11.9 Å². The number of hydrogen-bond acceptors (Lipinski definition) is 4. The zero-order valence-electron chi connectivity index (χ0n) is 10.2. The van der Waals surface area contributed by atoms with Crippen LogP contribution < -0.4 is 5.32 Å². The molecular weight excluding hydrogens is 267 g/mol. The minimum atomic E-state index is -1.19. The zero-order valence-corrected chi connectivity index (χ0v) is 10.2.